The van der Waals surface area contributed by atoms with Crippen LogP contribution in [0.4, 0.5) is 0 Å². The van der Waals surface area contributed by atoms with E-state index in [4.69, 9.17) is 9.47 Å². The molecule has 0 bridgehead atoms. The summed E-state index contributed by atoms with van der Waals surface area (Å²) in [4.78, 5) is 25.9. The molecule has 1 aliphatic carbocycles. The van der Waals surface area contributed by atoms with Crippen molar-refractivity contribution in [1.82, 2.24) is 4.90 Å². The largest absolute Gasteiger partial charge is 0.496 e. The Labute approximate surface area is 188 Å². The predicted octanol–water partition coefficient (Wildman–Crippen LogP) is 4.34. The van der Waals surface area contributed by atoms with E-state index in [-0.39, 0.29) is 17.6 Å². The summed E-state index contributed by atoms with van der Waals surface area (Å²) in [6.07, 6.45) is 4.93. The van der Waals surface area contributed by atoms with Gasteiger partial charge in [0.15, 0.2) is 0 Å². The number of carbonyl (C=O) groups excluding carboxylic acids is 1. The SMILES string of the molecule is COc1cc(C(=O)O)ccc1-c1ccc([C@H]2CC23CCN(C(=O)[C@H]2CCCO2)CC3)cc1. The van der Waals surface area contributed by atoms with Crippen LogP contribution in [-0.4, -0.2) is 54.8 Å². The van der Waals surface area contributed by atoms with Gasteiger partial charge in [-0.25, -0.2) is 4.79 Å². The van der Waals surface area contributed by atoms with Crippen molar-refractivity contribution in [2.45, 2.75) is 44.1 Å². The summed E-state index contributed by atoms with van der Waals surface area (Å²) in [5, 5.41) is 9.21. The van der Waals surface area contributed by atoms with Crippen LogP contribution in [0.2, 0.25) is 0 Å². The first kappa shape index (κ1) is 21.0. The highest BCUT2D eigenvalue weighted by Gasteiger charge is 2.55. The molecule has 1 N–H and O–H groups in total. The number of likely N-dealkylation sites (tertiary alicyclic amines) is 1. The second-order valence-corrected chi connectivity index (χ2v) is 9.29. The molecule has 0 radical (unpaired) electrons. The lowest BCUT2D eigenvalue weighted by Gasteiger charge is -2.34. The van der Waals surface area contributed by atoms with Crippen molar-refractivity contribution in [3.63, 3.8) is 0 Å². The number of amides is 1. The smallest absolute Gasteiger partial charge is 0.335 e. The molecule has 5 rings (SSSR count). The molecule has 1 saturated carbocycles. The molecule has 2 aliphatic heterocycles. The summed E-state index contributed by atoms with van der Waals surface area (Å²) in [6.45, 7) is 2.38. The van der Waals surface area contributed by atoms with Crippen LogP contribution >= 0.6 is 0 Å². The lowest BCUT2D eigenvalue weighted by atomic mass is 9.88. The van der Waals surface area contributed by atoms with Gasteiger partial charge in [-0.3, -0.25) is 4.79 Å². The van der Waals surface area contributed by atoms with E-state index in [0.29, 0.717) is 23.7 Å². The number of aromatic carboxylic acids is 1. The van der Waals surface area contributed by atoms with Gasteiger partial charge in [0, 0.05) is 25.3 Å². The summed E-state index contributed by atoms with van der Waals surface area (Å²) >= 11 is 0. The van der Waals surface area contributed by atoms with Gasteiger partial charge in [-0.05, 0) is 72.8 Å². The van der Waals surface area contributed by atoms with Crippen LogP contribution in [0.3, 0.4) is 0 Å². The second-order valence-electron chi connectivity index (χ2n) is 9.29. The topological polar surface area (TPSA) is 76.1 Å². The molecular formula is C26H29NO5. The summed E-state index contributed by atoms with van der Waals surface area (Å²) in [5.41, 5.74) is 3.78. The molecule has 6 heteroatoms. The quantitative estimate of drug-likeness (QED) is 0.756. The van der Waals surface area contributed by atoms with Gasteiger partial charge in [-0.1, -0.05) is 24.3 Å². The summed E-state index contributed by atoms with van der Waals surface area (Å²) in [7, 11) is 1.56. The Bertz CT molecular complexity index is 1020. The Balaban J connectivity index is 1.24. The molecule has 1 spiro atoms. The highest BCUT2D eigenvalue weighted by atomic mass is 16.5. The number of hydrogen-bond acceptors (Lipinski definition) is 4. The van der Waals surface area contributed by atoms with Crippen LogP contribution in [0.15, 0.2) is 42.5 Å². The third-order valence-electron chi connectivity index (χ3n) is 7.54. The highest BCUT2D eigenvalue weighted by molar-refractivity contribution is 5.89. The van der Waals surface area contributed by atoms with Crippen LogP contribution < -0.4 is 4.74 Å². The number of carboxylic acids is 1. The van der Waals surface area contributed by atoms with E-state index in [0.717, 1.165) is 49.9 Å². The van der Waals surface area contributed by atoms with Crippen LogP contribution in [-0.2, 0) is 9.53 Å². The maximum absolute atomic E-state index is 12.6. The number of nitrogens with zero attached hydrogens (tertiary/aromatic N) is 1. The molecule has 0 unspecified atom stereocenters. The van der Waals surface area contributed by atoms with Gasteiger partial charge in [0.2, 0.25) is 0 Å². The summed E-state index contributed by atoms with van der Waals surface area (Å²) in [5.74, 6) is 0.325. The predicted molar refractivity (Wildman–Crippen MR) is 120 cm³/mol. The fourth-order valence-corrected chi connectivity index (χ4v) is 5.48. The lowest BCUT2D eigenvalue weighted by Crippen LogP contribution is -2.44. The zero-order chi connectivity index (χ0) is 22.3. The third-order valence-corrected chi connectivity index (χ3v) is 7.54. The van der Waals surface area contributed by atoms with Crippen molar-refractivity contribution in [3.05, 3.63) is 53.6 Å². The molecule has 2 aromatic rings. The van der Waals surface area contributed by atoms with Crippen LogP contribution in [0.5, 0.6) is 5.75 Å². The molecule has 1 amide bonds. The van der Waals surface area contributed by atoms with E-state index in [1.54, 1.807) is 25.3 Å². The standard InChI is InChI=1S/C26H29NO5/c1-31-23-15-19(25(29)30)8-9-20(23)17-4-6-18(7-5-17)21-16-26(21)10-12-27(13-11-26)24(28)22-3-2-14-32-22/h4-9,15,21-22H,2-3,10-14,16H2,1H3,(H,29,30)/t21-,22-/m1/s1. The van der Waals surface area contributed by atoms with Crippen molar-refractivity contribution in [1.29, 1.82) is 0 Å². The number of rotatable bonds is 5. The minimum atomic E-state index is -0.965. The van der Waals surface area contributed by atoms with Crippen LogP contribution in [0, 0.1) is 5.41 Å². The van der Waals surface area contributed by atoms with Gasteiger partial charge in [0.05, 0.1) is 12.7 Å². The number of methoxy groups -OCH3 is 1. The Morgan fingerprint density at radius 1 is 1.12 bits per heavy atom. The Hall–Kier alpha value is -2.86. The second kappa shape index (κ2) is 8.24. The molecule has 168 valence electrons. The Kier molecular flexibility index (Phi) is 5.41. The molecular weight excluding hydrogens is 406 g/mol. The average molecular weight is 436 g/mol. The van der Waals surface area contributed by atoms with Gasteiger partial charge in [0.25, 0.3) is 5.91 Å². The Morgan fingerprint density at radius 3 is 2.50 bits per heavy atom. The van der Waals surface area contributed by atoms with Crippen molar-refractivity contribution in [2.75, 3.05) is 26.8 Å². The van der Waals surface area contributed by atoms with Gasteiger partial charge in [-0.15, -0.1) is 0 Å². The zero-order valence-corrected chi connectivity index (χ0v) is 18.4. The molecule has 2 aromatic carbocycles. The monoisotopic (exact) mass is 435 g/mol. The van der Waals surface area contributed by atoms with Gasteiger partial charge < -0.3 is 19.5 Å². The Morgan fingerprint density at radius 2 is 1.88 bits per heavy atom. The normalized spacial score (nSPS) is 23.8. The number of hydrogen-bond donors (Lipinski definition) is 1. The van der Waals surface area contributed by atoms with Gasteiger partial charge in [0.1, 0.15) is 11.9 Å². The summed E-state index contributed by atoms with van der Waals surface area (Å²) in [6, 6.07) is 13.5. The fraction of sp³-hybridized carbons (Fsp3) is 0.462. The van der Waals surface area contributed by atoms with Crippen molar-refractivity contribution in [3.8, 4) is 16.9 Å². The molecule has 2 atom stereocenters. The fourth-order valence-electron chi connectivity index (χ4n) is 5.48. The van der Waals surface area contributed by atoms with Crippen LogP contribution in [0.25, 0.3) is 11.1 Å². The first-order valence-electron chi connectivity index (χ1n) is 11.4. The van der Waals surface area contributed by atoms with Crippen molar-refractivity contribution >= 4 is 11.9 Å². The molecule has 32 heavy (non-hydrogen) atoms. The van der Waals surface area contributed by atoms with Gasteiger partial charge in [-0.2, -0.15) is 0 Å². The molecule has 2 heterocycles. The van der Waals surface area contributed by atoms with E-state index in [9.17, 15) is 14.7 Å². The lowest BCUT2D eigenvalue weighted by molar-refractivity contribution is -0.142. The number of carbonyl (C=O) groups is 2. The van der Waals surface area contributed by atoms with Crippen LogP contribution in [0.1, 0.15) is 53.9 Å². The minimum absolute atomic E-state index is 0.182. The molecule has 3 aliphatic rings. The number of piperidine rings is 1. The van der Waals surface area contributed by atoms with Crippen molar-refractivity contribution < 1.29 is 24.2 Å². The zero-order valence-electron chi connectivity index (χ0n) is 18.4. The maximum atomic E-state index is 12.6. The van der Waals surface area contributed by atoms with E-state index < -0.39 is 5.97 Å². The van der Waals surface area contributed by atoms with E-state index in [2.05, 4.69) is 24.3 Å². The van der Waals surface area contributed by atoms with Gasteiger partial charge >= 0.3 is 5.97 Å². The number of ether oxygens (including phenoxy) is 2. The third kappa shape index (κ3) is 3.77. The van der Waals surface area contributed by atoms with E-state index in [1.165, 1.54) is 12.0 Å². The number of benzene rings is 2. The highest BCUT2D eigenvalue weighted by Crippen LogP contribution is 2.65. The van der Waals surface area contributed by atoms with E-state index >= 15 is 0 Å². The maximum Gasteiger partial charge on any atom is 0.335 e. The molecule has 0 aromatic heterocycles. The molecule has 6 nitrogen and oxygen atoms in total. The van der Waals surface area contributed by atoms with Crippen molar-refractivity contribution in [2.24, 2.45) is 5.41 Å². The molecule has 2 saturated heterocycles. The average Bonchev–Trinajstić information content (AvgIpc) is 3.24. The first-order chi connectivity index (χ1) is 15.5. The summed E-state index contributed by atoms with van der Waals surface area (Å²) < 4.78 is 11.0. The molecule has 3 fully saturated rings. The number of carboxylic acid groups (broad SMARTS) is 1. The first-order valence-corrected chi connectivity index (χ1v) is 11.4. The van der Waals surface area contributed by atoms with E-state index in [1.807, 2.05) is 4.90 Å². The minimum Gasteiger partial charge on any atom is -0.496 e.